The van der Waals surface area contributed by atoms with E-state index in [4.69, 9.17) is 4.74 Å². The van der Waals surface area contributed by atoms with Gasteiger partial charge in [-0.15, -0.1) is 0 Å². The van der Waals surface area contributed by atoms with Gasteiger partial charge in [-0.2, -0.15) is 0 Å². The first kappa shape index (κ1) is 11.7. The van der Waals surface area contributed by atoms with E-state index in [1.807, 2.05) is 30.3 Å². The molecule has 2 heterocycles. The van der Waals surface area contributed by atoms with Crippen LogP contribution in [0.3, 0.4) is 0 Å². The molecule has 2 aromatic rings. The average molecular weight is 254 g/mol. The Morgan fingerprint density at radius 2 is 2.11 bits per heavy atom. The molecule has 19 heavy (non-hydrogen) atoms. The number of rotatable bonds is 2. The molecular weight excluding hydrogens is 240 g/mol. The maximum absolute atomic E-state index is 11.6. The highest BCUT2D eigenvalue weighted by molar-refractivity contribution is 5.97. The van der Waals surface area contributed by atoms with Gasteiger partial charge in [-0.1, -0.05) is 6.07 Å². The molecule has 0 saturated heterocycles. The number of fused-ring (bicyclic) bond motifs is 1. The fraction of sp³-hybridized carbons (Fsp3) is 0.200. The maximum Gasteiger partial charge on any atom is 0.224 e. The molecule has 0 aliphatic carbocycles. The molecule has 0 saturated carbocycles. The predicted molar refractivity (Wildman–Crippen MR) is 73.2 cm³/mol. The minimum absolute atomic E-state index is 0.0315. The summed E-state index contributed by atoms with van der Waals surface area (Å²) in [4.78, 5) is 15.9. The minimum atomic E-state index is 0.0315. The van der Waals surface area contributed by atoms with Crippen LogP contribution >= 0.6 is 0 Å². The summed E-state index contributed by atoms with van der Waals surface area (Å²) in [6.45, 7) is 0. The van der Waals surface area contributed by atoms with Gasteiger partial charge in [0.15, 0.2) is 0 Å². The Hall–Kier alpha value is -2.36. The number of nitrogens with one attached hydrogen (secondary N) is 1. The second-order valence-corrected chi connectivity index (χ2v) is 4.43. The third kappa shape index (κ3) is 2.05. The number of hydrogen-bond acceptors (Lipinski definition) is 3. The number of pyridine rings is 1. The lowest BCUT2D eigenvalue weighted by Crippen LogP contribution is -2.20. The van der Waals surface area contributed by atoms with Crippen molar-refractivity contribution in [2.75, 3.05) is 12.4 Å². The largest absolute Gasteiger partial charge is 0.495 e. The van der Waals surface area contributed by atoms with Crippen molar-refractivity contribution in [1.29, 1.82) is 0 Å². The Morgan fingerprint density at radius 1 is 1.21 bits per heavy atom. The summed E-state index contributed by atoms with van der Waals surface area (Å²) in [5, 5.41) is 2.90. The standard InChI is InChI=1S/C15H14N2O2/c1-19-13-7-5-10(12-4-2-3-9-16-12)11-6-8-14(18)17-15(11)13/h2-5,7,9H,6,8H2,1H3,(H,17,18). The van der Waals surface area contributed by atoms with E-state index in [-0.39, 0.29) is 5.91 Å². The van der Waals surface area contributed by atoms with Gasteiger partial charge in [-0.05, 0) is 36.2 Å². The molecule has 0 unspecified atom stereocenters. The first-order valence-electron chi connectivity index (χ1n) is 6.20. The van der Waals surface area contributed by atoms with Crippen LogP contribution in [0.5, 0.6) is 5.75 Å². The molecule has 3 rings (SSSR count). The third-order valence-corrected chi connectivity index (χ3v) is 3.30. The van der Waals surface area contributed by atoms with E-state index in [9.17, 15) is 4.79 Å². The van der Waals surface area contributed by atoms with Gasteiger partial charge in [-0.3, -0.25) is 9.78 Å². The summed E-state index contributed by atoms with van der Waals surface area (Å²) in [7, 11) is 1.61. The van der Waals surface area contributed by atoms with Crippen LogP contribution in [0.1, 0.15) is 12.0 Å². The summed E-state index contributed by atoms with van der Waals surface area (Å²) in [6, 6.07) is 9.69. The van der Waals surface area contributed by atoms with Gasteiger partial charge in [0, 0.05) is 18.2 Å². The molecule has 0 spiro atoms. The van der Waals surface area contributed by atoms with Gasteiger partial charge in [0.05, 0.1) is 18.5 Å². The molecule has 1 N–H and O–H groups in total. The number of anilines is 1. The molecular formula is C15H14N2O2. The number of methoxy groups -OCH3 is 1. The molecule has 1 aromatic heterocycles. The lowest BCUT2D eigenvalue weighted by molar-refractivity contribution is -0.116. The van der Waals surface area contributed by atoms with E-state index in [0.29, 0.717) is 18.6 Å². The number of aromatic nitrogens is 1. The lowest BCUT2D eigenvalue weighted by Gasteiger charge is -2.22. The van der Waals surface area contributed by atoms with Gasteiger partial charge in [0.1, 0.15) is 5.75 Å². The van der Waals surface area contributed by atoms with Crippen molar-refractivity contribution in [2.45, 2.75) is 12.8 Å². The van der Waals surface area contributed by atoms with Gasteiger partial charge in [0.25, 0.3) is 0 Å². The molecule has 4 nitrogen and oxygen atoms in total. The Labute approximate surface area is 111 Å². The van der Waals surface area contributed by atoms with Crippen molar-refractivity contribution in [1.82, 2.24) is 4.98 Å². The number of hydrogen-bond donors (Lipinski definition) is 1. The van der Waals surface area contributed by atoms with E-state index < -0.39 is 0 Å². The van der Waals surface area contributed by atoms with E-state index in [0.717, 1.165) is 22.5 Å². The molecule has 1 aromatic carbocycles. The smallest absolute Gasteiger partial charge is 0.224 e. The Balaban J connectivity index is 2.18. The summed E-state index contributed by atoms with van der Waals surface area (Å²) < 4.78 is 5.32. The Morgan fingerprint density at radius 3 is 2.84 bits per heavy atom. The minimum Gasteiger partial charge on any atom is -0.495 e. The molecule has 96 valence electrons. The van der Waals surface area contributed by atoms with E-state index in [1.54, 1.807) is 13.3 Å². The molecule has 0 radical (unpaired) electrons. The van der Waals surface area contributed by atoms with E-state index >= 15 is 0 Å². The SMILES string of the molecule is COc1ccc(-c2ccccn2)c2c1NC(=O)CC2. The zero-order valence-electron chi connectivity index (χ0n) is 10.6. The molecule has 0 bridgehead atoms. The van der Waals surface area contributed by atoms with E-state index in [1.165, 1.54) is 0 Å². The first-order chi connectivity index (χ1) is 9.29. The van der Waals surface area contributed by atoms with Crippen molar-refractivity contribution in [2.24, 2.45) is 0 Å². The average Bonchev–Trinajstić information content (AvgIpc) is 2.47. The van der Waals surface area contributed by atoms with Crippen LogP contribution in [-0.2, 0) is 11.2 Å². The number of ether oxygens (including phenoxy) is 1. The van der Waals surface area contributed by atoms with Crippen LogP contribution in [0.2, 0.25) is 0 Å². The Bertz CT molecular complexity index is 624. The van der Waals surface area contributed by atoms with Crippen molar-refractivity contribution >= 4 is 11.6 Å². The van der Waals surface area contributed by atoms with Crippen LogP contribution in [0, 0.1) is 0 Å². The molecule has 1 amide bonds. The van der Waals surface area contributed by atoms with Crippen LogP contribution in [0.4, 0.5) is 5.69 Å². The highest BCUT2D eigenvalue weighted by Gasteiger charge is 2.22. The number of carbonyl (C=O) groups excluding carboxylic acids is 1. The summed E-state index contributed by atoms with van der Waals surface area (Å²) >= 11 is 0. The third-order valence-electron chi connectivity index (χ3n) is 3.30. The van der Waals surface area contributed by atoms with Crippen LogP contribution in [-0.4, -0.2) is 18.0 Å². The monoisotopic (exact) mass is 254 g/mol. The van der Waals surface area contributed by atoms with Crippen molar-refractivity contribution in [3.05, 3.63) is 42.1 Å². The summed E-state index contributed by atoms with van der Waals surface area (Å²) in [5.74, 6) is 0.728. The topological polar surface area (TPSA) is 51.2 Å². The van der Waals surface area contributed by atoms with Gasteiger partial charge >= 0.3 is 0 Å². The molecule has 1 aliphatic heterocycles. The predicted octanol–water partition coefficient (Wildman–Crippen LogP) is 2.64. The summed E-state index contributed by atoms with van der Waals surface area (Å²) in [5.41, 5.74) is 3.84. The molecule has 1 aliphatic rings. The molecule has 0 atom stereocenters. The maximum atomic E-state index is 11.6. The van der Waals surface area contributed by atoms with Crippen LogP contribution < -0.4 is 10.1 Å². The van der Waals surface area contributed by atoms with Crippen molar-refractivity contribution in [3.8, 4) is 17.0 Å². The second kappa shape index (κ2) is 4.72. The normalized spacial score (nSPS) is 13.6. The fourth-order valence-electron chi connectivity index (χ4n) is 2.40. The number of benzene rings is 1. The lowest BCUT2D eigenvalue weighted by atomic mass is 9.94. The molecule has 0 fully saturated rings. The van der Waals surface area contributed by atoms with Crippen molar-refractivity contribution < 1.29 is 9.53 Å². The second-order valence-electron chi connectivity index (χ2n) is 4.43. The zero-order chi connectivity index (χ0) is 13.2. The number of carbonyl (C=O) groups is 1. The van der Waals surface area contributed by atoms with Gasteiger partial charge in [0.2, 0.25) is 5.91 Å². The highest BCUT2D eigenvalue weighted by Crippen LogP contribution is 2.38. The summed E-state index contributed by atoms with van der Waals surface area (Å²) in [6.07, 6.45) is 2.98. The first-order valence-corrected chi connectivity index (χ1v) is 6.20. The number of nitrogens with zero attached hydrogens (tertiary/aromatic N) is 1. The van der Waals surface area contributed by atoms with Crippen LogP contribution in [0.15, 0.2) is 36.5 Å². The fourth-order valence-corrected chi connectivity index (χ4v) is 2.40. The number of amides is 1. The van der Waals surface area contributed by atoms with Crippen molar-refractivity contribution in [3.63, 3.8) is 0 Å². The highest BCUT2D eigenvalue weighted by atomic mass is 16.5. The van der Waals surface area contributed by atoms with Crippen LogP contribution in [0.25, 0.3) is 11.3 Å². The zero-order valence-corrected chi connectivity index (χ0v) is 10.6. The van der Waals surface area contributed by atoms with Gasteiger partial charge in [-0.25, -0.2) is 0 Å². The van der Waals surface area contributed by atoms with Gasteiger partial charge < -0.3 is 10.1 Å². The van der Waals surface area contributed by atoms with E-state index in [2.05, 4.69) is 10.3 Å². The molecule has 4 heteroatoms. The quantitative estimate of drug-likeness (QED) is 0.896. The Kier molecular flexibility index (Phi) is 2.91.